The second-order valence-corrected chi connectivity index (χ2v) is 5.81. The van der Waals surface area contributed by atoms with Crippen LogP contribution in [0.2, 0.25) is 0 Å². The number of ether oxygens (including phenoxy) is 1. The Morgan fingerprint density at radius 3 is 2.19 bits per heavy atom. The van der Waals surface area contributed by atoms with Crippen molar-refractivity contribution in [2.45, 2.75) is 26.3 Å². The van der Waals surface area contributed by atoms with E-state index in [0.29, 0.717) is 12.1 Å². The van der Waals surface area contributed by atoms with Gasteiger partial charge in [-0.1, -0.05) is 47.9 Å². The van der Waals surface area contributed by atoms with Gasteiger partial charge in [-0.15, -0.1) is 19.6 Å². The Bertz CT molecular complexity index is 775. The standard InChI is InChI=1S/C20H18F3NO2/c1-3-12-24(14-17-6-4-15(2)5-7-17)19(25)13-16-8-10-18(11-9-16)26-20(21,22)23/h1,4-11H,12-14H2,2H3. The van der Waals surface area contributed by atoms with Gasteiger partial charge >= 0.3 is 6.36 Å². The molecule has 0 aliphatic carbocycles. The zero-order valence-corrected chi connectivity index (χ0v) is 14.2. The molecule has 3 nitrogen and oxygen atoms in total. The number of alkyl halides is 3. The summed E-state index contributed by atoms with van der Waals surface area (Å²) in [4.78, 5) is 14.0. The topological polar surface area (TPSA) is 29.5 Å². The van der Waals surface area contributed by atoms with Crippen molar-refractivity contribution in [2.75, 3.05) is 6.54 Å². The molecule has 2 aromatic carbocycles. The highest BCUT2D eigenvalue weighted by Crippen LogP contribution is 2.23. The number of rotatable bonds is 6. The number of carbonyl (C=O) groups is 1. The predicted molar refractivity (Wildman–Crippen MR) is 92.3 cm³/mol. The molecule has 0 unspecified atom stereocenters. The highest BCUT2D eigenvalue weighted by atomic mass is 19.4. The Labute approximate surface area is 150 Å². The molecule has 2 aromatic rings. The van der Waals surface area contributed by atoms with E-state index in [2.05, 4.69) is 10.7 Å². The number of terminal acetylenes is 1. The second-order valence-electron chi connectivity index (χ2n) is 5.81. The first kappa shape index (κ1) is 19.4. The summed E-state index contributed by atoms with van der Waals surface area (Å²) < 4.78 is 40.3. The first-order valence-electron chi connectivity index (χ1n) is 7.88. The third-order valence-corrected chi connectivity index (χ3v) is 3.64. The molecule has 26 heavy (non-hydrogen) atoms. The van der Waals surface area contributed by atoms with Crippen molar-refractivity contribution in [3.63, 3.8) is 0 Å². The molecule has 0 saturated heterocycles. The summed E-state index contributed by atoms with van der Waals surface area (Å²) >= 11 is 0. The molecule has 0 atom stereocenters. The van der Waals surface area contributed by atoms with E-state index in [1.165, 1.54) is 29.2 Å². The van der Waals surface area contributed by atoms with Crippen molar-refractivity contribution < 1.29 is 22.7 Å². The van der Waals surface area contributed by atoms with Gasteiger partial charge in [0.25, 0.3) is 0 Å². The molecule has 0 aromatic heterocycles. The lowest BCUT2D eigenvalue weighted by Crippen LogP contribution is -2.32. The molecule has 0 radical (unpaired) electrons. The quantitative estimate of drug-likeness (QED) is 0.725. The highest BCUT2D eigenvalue weighted by Gasteiger charge is 2.31. The van der Waals surface area contributed by atoms with Crippen LogP contribution in [-0.2, 0) is 17.8 Å². The van der Waals surface area contributed by atoms with Crippen LogP contribution >= 0.6 is 0 Å². The van der Waals surface area contributed by atoms with Crippen molar-refractivity contribution >= 4 is 5.91 Å². The maximum atomic E-state index is 12.5. The van der Waals surface area contributed by atoms with Gasteiger partial charge in [-0.05, 0) is 30.2 Å². The van der Waals surface area contributed by atoms with E-state index in [1.807, 2.05) is 31.2 Å². The zero-order chi connectivity index (χ0) is 19.2. The Kier molecular flexibility index (Phi) is 6.29. The van der Waals surface area contributed by atoms with Crippen LogP contribution in [0.5, 0.6) is 5.75 Å². The van der Waals surface area contributed by atoms with Gasteiger partial charge < -0.3 is 9.64 Å². The molecular weight excluding hydrogens is 343 g/mol. The molecule has 0 fully saturated rings. The summed E-state index contributed by atoms with van der Waals surface area (Å²) in [6.07, 6.45) is 0.650. The SMILES string of the molecule is C#CCN(Cc1ccc(C)cc1)C(=O)Cc1ccc(OC(F)(F)F)cc1. The molecule has 2 rings (SSSR count). The average Bonchev–Trinajstić information content (AvgIpc) is 2.57. The first-order valence-corrected chi connectivity index (χ1v) is 7.88. The number of hydrogen-bond donors (Lipinski definition) is 0. The van der Waals surface area contributed by atoms with E-state index in [9.17, 15) is 18.0 Å². The van der Waals surface area contributed by atoms with Crippen molar-refractivity contribution in [3.05, 3.63) is 65.2 Å². The fourth-order valence-electron chi connectivity index (χ4n) is 2.35. The monoisotopic (exact) mass is 361 g/mol. The summed E-state index contributed by atoms with van der Waals surface area (Å²) in [5.41, 5.74) is 2.65. The fraction of sp³-hybridized carbons (Fsp3) is 0.250. The molecule has 136 valence electrons. The lowest BCUT2D eigenvalue weighted by Gasteiger charge is -2.20. The number of aryl methyl sites for hydroxylation is 1. The van der Waals surface area contributed by atoms with E-state index in [-0.39, 0.29) is 24.6 Å². The van der Waals surface area contributed by atoms with Gasteiger partial charge in [0.2, 0.25) is 5.91 Å². The van der Waals surface area contributed by atoms with Crippen molar-refractivity contribution in [1.82, 2.24) is 4.90 Å². The molecule has 6 heteroatoms. The van der Waals surface area contributed by atoms with Gasteiger partial charge in [-0.3, -0.25) is 4.79 Å². The van der Waals surface area contributed by atoms with Crippen LogP contribution in [0, 0.1) is 19.3 Å². The Morgan fingerprint density at radius 2 is 1.65 bits per heavy atom. The van der Waals surface area contributed by atoms with E-state index in [1.54, 1.807) is 0 Å². The van der Waals surface area contributed by atoms with Crippen LogP contribution < -0.4 is 4.74 Å². The van der Waals surface area contributed by atoms with Crippen molar-refractivity contribution in [1.29, 1.82) is 0 Å². The molecule has 0 saturated carbocycles. The minimum Gasteiger partial charge on any atom is -0.406 e. The summed E-state index contributed by atoms with van der Waals surface area (Å²) in [5, 5.41) is 0. The first-order chi connectivity index (χ1) is 12.3. The number of benzene rings is 2. The minimum atomic E-state index is -4.74. The van der Waals surface area contributed by atoms with E-state index in [4.69, 9.17) is 6.42 Å². The number of amides is 1. The van der Waals surface area contributed by atoms with E-state index >= 15 is 0 Å². The molecular formula is C20H18F3NO2. The molecule has 0 spiro atoms. The maximum absolute atomic E-state index is 12.5. The zero-order valence-electron chi connectivity index (χ0n) is 14.2. The Hall–Kier alpha value is -2.94. The molecule has 0 bridgehead atoms. The number of halogens is 3. The molecule has 0 N–H and O–H groups in total. The van der Waals surface area contributed by atoms with Crippen LogP contribution in [0.3, 0.4) is 0 Å². The van der Waals surface area contributed by atoms with Crippen LogP contribution in [-0.4, -0.2) is 23.7 Å². The van der Waals surface area contributed by atoms with Crippen LogP contribution in [0.4, 0.5) is 13.2 Å². The van der Waals surface area contributed by atoms with Gasteiger partial charge in [0, 0.05) is 6.54 Å². The van der Waals surface area contributed by atoms with Crippen molar-refractivity contribution in [2.24, 2.45) is 0 Å². The van der Waals surface area contributed by atoms with Crippen LogP contribution in [0.25, 0.3) is 0 Å². The number of hydrogen-bond acceptors (Lipinski definition) is 2. The average molecular weight is 361 g/mol. The number of nitrogens with zero attached hydrogens (tertiary/aromatic N) is 1. The highest BCUT2D eigenvalue weighted by molar-refractivity contribution is 5.79. The maximum Gasteiger partial charge on any atom is 0.573 e. The largest absolute Gasteiger partial charge is 0.573 e. The molecule has 1 amide bonds. The van der Waals surface area contributed by atoms with E-state index < -0.39 is 6.36 Å². The third-order valence-electron chi connectivity index (χ3n) is 3.64. The predicted octanol–water partition coefficient (Wildman–Crippen LogP) is 4.10. The van der Waals surface area contributed by atoms with Crippen molar-refractivity contribution in [3.8, 4) is 18.1 Å². The van der Waals surface area contributed by atoms with Gasteiger partial charge in [-0.25, -0.2) is 0 Å². The lowest BCUT2D eigenvalue weighted by atomic mass is 10.1. The van der Waals surface area contributed by atoms with Crippen LogP contribution in [0.15, 0.2) is 48.5 Å². The molecule has 0 aliphatic rings. The smallest absolute Gasteiger partial charge is 0.406 e. The summed E-state index contributed by atoms with van der Waals surface area (Å²) in [5.74, 6) is 1.94. The normalized spacial score (nSPS) is 10.9. The summed E-state index contributed by atoms with van der Waals surface area (Å²) in [6.45, 7) is 2.50. The van der Waals surface area contributed by atoms with Gasteiger partial charge in [0.05, 0.1) is 13.0 Å². The van der Waals surface area contributed by atoms with E-state index in [0.717, 1.165) is 11.1 Å². The summed E-state index contributed by atoms with van der Waals surface area (Å²) in [7, 11) is 0. The third kappa shape index (κ3) is 6.17. The molecule has 0 aliphatic heterocycles. The molecule has 0 heterocycles. The van der Waals surface area contributed by atoms with Gasteiger partial charge in [0.1, 0.15) is 5.75 Å². The van der Waals surface area contributed by atoms with Gasteiger partial charge in [0.15, 0.2) is 0 Å². The second kappa shape index (κ2) is 8.43. The fourth-order valence-corrected chi connectivity index (χ4v) is 2.35. The van der Waals surface area contributed by atoms with Crippen LogP contribution in [0.1, 0.15) is 16.7 Å². The van der Waals surface area contributed by atoms with Gasteiger partial charge in [-0.2, -0.15) is 0 Å². The number of carbonyl (C=O) groups excluding carboxylic acids is 1. The lowest BCUT2D eigenvalue weighted by molar-refractivity contribution is -0.274. The Balaban J connectivity index is 2.02. The Morgan fingerprint density at radius 1 is 1.08 bits per heavy atom. The summed E-state index contributed by atoms with van der Waals surface area (Å²) in [6, 6.07) is 13.0. The minimum absolute atomic E-state index is 0.0415.